The van der Waals surface area contributed by atoms with Crippen LogP contribution in [0.2, 0.25) is 5.02 Å². The number of rotatable bonds is 3. The number of nitrogen functional groups attached to an aromatic ring is 1. The Labute approximate surface area is 102 Å². The van der Waals surface area contributed by atoms with Gasteiger partial charge in [-0.3, -0.25) is 0 Å². The topological polar surface area (TPSA) is 66.0 Å². The molecule has 0 amide bonds. The van der Waals surface area contributed by atoms with Crippen LogP contribution in [0, 0.1) is 5.82 Å². The predicted molar refractivity (Wildman–Crippen MR) is 61.9 cm³/mol. The van der Waals surface area contributed by atoms with Crippen molar-refractivity contribution in [2.24, 2.45) is 0 Å². The molecule has 0 aliphatic heterocycles. The number of benzene rings is 1. The maximum Gasteiger partial charge on any atom is 0.337 e. The molecule has 17 heavy (non-hydrogen) atoms. The van der Waals surface area contributed by atoms with Crippen molar-refractivity contribution in [1.82, 2.24) is 14.8 Å². The van der Waals surface area contributed by atoms with Crippen LogP contribution in [0.4, 0.5) is 10.3 Å². The summed E-state index contributed by atoms with van der Waals surface area (Å²) in [6, 6.07) is 4.39. The Bertz CT molecular complexity index is 523. The van der Waals surface area contributed by atoms with Crippen LogP contribution in [0.5, 0.6) is 6.01 Å². The summed E-state index contributed by atoms with van der Waals surface area (Å²) in [4.78, 5) is 3.84. The highest BCUT2D eigenvalue weighted by atomic mass is 35.5. The lowest BCUT2D eigenvalue weighted by atomic mass is 10.3. The van der Waals surface area contributed by atoms with Crippen LogP contribution < -0.4 is 10.5 Å². The predicted octanol–water partition coefficient (Wildman–Crippen LogP) is 2.04. The van der Waals surface area contributed by atoms with E-state index in [1.807, 2.05) is 0 Å². The Kier molecular flexibility index (Phi) is 3.14. The zero-order valence-electron chi connectivity index (χ0n) is 9.02. The summed E-state index contributed by atoms with van der Waals surface area (Å²) in [6.45, 7) is 2.18. The van der Waals surface area contributed by atoms with Gasteiger partial charge in [-0.2, -0.15) is 9.67 Å². The van der Waals surface area contributed by atoms with Crippen molar-refractivity contribution < 1.29 is 9.13 Å². The number of hydrogen-bond donors (Lipinski definition) is 1. The molecule has 0 aliphatic carbocycles. The van der Waals surface area contributed by atoms with Gasteiger partial charge in [-0.15, -0.1) is 5.10 Å². The summed E-state index contributed by atoms with van der Waals surface area (Å²) in [6.07, 6.45) is 0. The van der Waals surface area contributed by atoms with Gasteiger partial charge in [0.15, 0.2) is 5.82 Å². The molecule has 0 bridgehead atoms. The molecule has 2 N–H and O–H groups in total. The average Bonchev–Trinajstić information content (AvgIpc) is 2.60. The number of para-hydroxylation sites is 1. The van der Waals surface area contributed by atoms with Gasteiger partial charge in [0, 0.05) is 0 Å². The average molecular weight is 257 g/mol. The van der Waals surface area contributed by atoms with E-state index in [0.29, 0.717) is 6.61 Å². The minimum atomic E-state index is -0.530. The van der Waals surface area contributed by atoms with E-state index in [0.717, 1.165) is 4.68 Å². The molecule has 0 unspecified atom stereocenters. The molecule has 7 heteroatoms. The van der Waals surface area contributed by atoms with E-state index in [-0.39, 0.29) is 22.7 Å². The van der Waals surface area contributed by atoms with Gasteiger partial charge in [-0.1, -0.05) is 17.7 Å². The monoisotopic (exact) mass is 256 g/mol. The standard InChI is InChI=1S/C10H10ClFN4O/c1-2-17-10-14-9(13)16(15-10)8-6(11)4-3-5-7(8)12/h3-5H,2H2,1H3,(H2,13,14,15). The van der Waals surface area contributed by atoms with E-state index in [2.05, 4.69) is 10.1 Å². The molecule has 2 rings (SSSR count). The van der Waals surface area contributed by atoms with Gasteiger partial charge >= 0.3 is 6.01 Å². The zero-order valence-corrected chi connectivity index (χ0v) is 9.78. The van der Waals surface area contributed by atoms with Crippen LogP contribution >= 0.6 is 11.6 Å². The lowest BCUT2D eigenvalue weighted by Gasteiger charge is -2.05. The number of nitrogens with two attached hydrogens (primary N) is 1. The number of aromatic nitrogens is 3. The van der Waals surface area contributed by atoms with E-state index in [9.17, 15) is 4.39 Å². The summed E-state index contributed by atoms with van der Waals surface area (Å²) in [5.74, 6) is -0.516. The smallest absolute Gasteiger partial charge is 0.337 e. The molecular formula is C10H10ClFN4O. The minimum absolute atomic E-state index is 0.0143. The fourth-order valence-electron chi connectivity index (χ4n) is 1.35. The Hall–Kier alpha value is -1.82. The third kappa shape index (κ3) is 2.16. The third-order valence-corrected chi connectivity index (χ3v) is 2.34. The molecule has 5 nitrogen and oxygen atoms in total. The fourth-order valence-corrected chi connectivity index (χ4v) is 1.59. The van der Waals surface area contributed by atoms with E-state index in [1.165, 1.54) is 12.1 Å². The normalized spacial score (nSPS) is 10.5. The van der Waals surface area contributed by atoms with Crippen LogP contribution in [0.25, 0.3) is 5.69 Å². The van der Waals surface area contributed by atoms with Crippen molar-refractivity contribution in [3.63, 3.8) is 0 Å². The third-order valence-electron chi connectivity index (χ3n) is 2.04. The molecule has 0 radical (unpaired) electrons. The summed E-state index contributed by atoms with van der Waals surface area (Å²) in [7, 11) is 0. The fraction of sp³-hybridized carbons (Fsp3) is 0.200. The lowest BCUT2D eigenvalue weighted by Crippen LogP contribution is -2.05. The highest BCUT2D eigenvalue weighted by Crippen LogP contribution is 2.25. The largest absolute Gasteiger partial charge is 0.463 e. The molecule has 0 fully saturated rings. The van der Waals surface area contributed by atoms with Crippen molar-refractivity contribution in [1.29, 1.82) is 0 Å². The Morgan fingerprint density at radius 2 is 2.29 bits per heavy atom. The van der Waals surface area contributed by atoms with Gasteiger partial charge in [0.1, 0.15) is 5.69 Å². The molecule has 90 valence electrons. The molecule has 1 heterocycles. The molecule has 0 atom stereocenters. The van der Waals surface area contributed by atoms with Crippen LogP contribution in [-0.4, -0.2) is 21.4 Å². The Morgan fingerprint density at radius 3 is 2.94 bits per heavy atom. The summed E-state index contributed by atoms with van der Waals surface area (Å²) in [5.41, 5.74) is 5.69. The van der Waals surface area contributed by atoms with E-state index in [4.69, 9.17) is 22.1 Å². The molecule has 1 aromatic carbocycles. The second-order valence-corrected chi connectivity index (χ2v) is 3.57. The second-order valence-electron chi connectivity index (χ2n) is 3.17. The van der Waals surface area contributed by atoms with Crippen molar-refractivity contribution >= 4 is 17.5 Å². The maximum atomic E-state index is 13.6. The van der Waals surface area contributed by atoms with E-state index >= 15 is 0 Å². The van der Waals surface area contributed by atoms with Crippen molar-refractivity contribution in [3.8, 4) is 11.7 Å². The maximum absolute atomic E-state index is 13.6. The van der Waals surface area contributed by atoms with Crippen molar-refractivity contribution in [2.75, 3.05) is 12.3 Å². The number of nitrogens with zero attached hydrogens (tertiary/aromatic N) is 3. The minimum Gasteiger partial charge on any atom is -0.463 e. The first kappa shape index (κ1) is 11.7. The summed E-state index contributed by atoms with van der Waals surface area (Å²) in [5, 5.41) is 4.12. The van der Waals surface area contributed by atoms with E-state index in [1.54, 1.807) is 13.0 Å². The second kappa shape index (κ2) is 4.58. The zero-order chi connectivity index (χ0) is 12.4. The first-order chi connectivity index (χ1) is 8.13. The SMILES string of the molecule is CCOc1nc(N)n(-c2c(F)cccc2Cl)n1. The summed E-state index contributed by atoms with van der Waals surface area (Å²) >= 11 is 5.90. The first-order valence-electron chi connectivity index (χ1n) is 4.93. The summed E-state index contributed by atoms with van der Waals surface area (Å²) < 4.78 is 19.8. The van der Waals surface area contributed by atoms with Crippen LogP contribution in [-0.2, 0) is 0 Å². The number of anilines is 1. The molecule has 0 aliphatic rings. The molecule has 0 spiro atoms. The van der Waals surface area contributed by atoms with Crippen molar-refractivity contribution in [2.45, 2.75) is 6.92 Å². The van der Waals surface area contributed by atoms with Gasteiger partial charge in [0.05, 0.1) is 11.6 Å². The molecular weight excluding hydrogens is 247 g/mol. The van der Waals surface area contributed by atoms with Gasteiger partial charge in [0.25, 0.3) is 0 Å². The Morgan fingerprint density at radius 1 is 1.53 bits per heavy atom. The van der Waals surface area contributed by atoms with E-state index < -0.39 is 5.82 Å². The van der Waals surface area contributed by atoms with Gasteiger partial charge in [0.2, 0.25) is 5.95 Å². The molecule has 0 saturated carbocycles. The molecule has 1 aromatic heterocycles. The quantitative estimate of drug-likeness (QED) is 0.913. The van der Waals surface area contributed by atoms with Crippen LogP contribution in [0.1, 0.15) is 6.92 Å². The number of ether oxygens (including phenoxy) is 1. The van der Waals surface area contributed by atoms with Gasteiger partial charge < -0.3 is 10.5 Å². The van der Waals surface area contributed by atoms with Gasteiger partial charge in [-0.25, -0.2) is 4.39 Å². The highest BCUT2D eigenvalue weighted by Gasteiger charge is 2.15. The number of hydrogen-bond acceptors (Lipinski definition) is 4. The van der Waals surface area contributed by atoms with Crippen LogP contribution in [0.15, 0.2) is 18.2 Å². The lowest BCUT2D eigenvalue weighted by molar-refractivity contribution is 0.312. The first-order valence-corrected chi connectivity index (χ1v) is 5.31. The number of halogens is 2. The Balaban J connectivity index is 2.52. The van der Waals surface area contributed by atoms with Crippen molar-refractivity contribution in [3.05, 3.63) is 29.0 Å². The molecule has 2 aromatic rings. The highest BCUT2D eigenvalue weighted by molar-refractivity contribution is 6.32. The molecule has 0 saturated heterocycles. The van der Waals surface area contributed by atoms with Gasteiger partial charge in [-0.05, 0) is 19.1 Å². The van der Waals surface area contributed by atoms with Crippen LogP contribution in [0.3, 0.4) is 0 Å².